The molecule has 1 aliphatic heterocycles. The van der Waals surface area contributed by atoms with Crippen LogP contribution in [0.4, 0.5) is 4.79 Å². The van der Waals surface area contributed by atoms with Crippen molar-refractivity contribution in [3.05, 3.63) is 0 Å². The Bertz CT molecular complexity index is 346. The third-order valence-electron chi connectivity index (χ3n) is 3.63. The molecule has 0 aromatic carbocycles. The quantitative estimate of drug-likeness (QED) is 0.604. The van der Waals surface area contributed by atoms with Crippen molar-refractivity contribution < 1.29 is 19.4 Å². The molecule has 1 saturated heterocycles. The summed E-state index contributed by atoms with van der Waals surface area (Å²) in [5.74, 6) is -1.59. The first-order valence-corrected chi connectivity index (χ1v) is 6.63. The number of carboxylic acids is 1. The van der Waals surface area contributed by atoms with Crippen LogP contribution in [0.2, 0.25) is 0 Å². The van der Waals surface area contributed by atoms with Gasteiger partial charge in [-0.25, -0.2) is 4.79 Å². The summed E-state index contributed by atoms with van der Waals surface area (Å²) in [6, 6.07) is -0.103. The van der Waals surface area contributed by atoms with Crippen molar-refractivity contribution in [1.82, 2.24) is 15.5 Å². The Kier molecular flexibility index (Phi) is 4.60. The number of carbonyl (C=O) groups excluding carboxylic acids is 1. The molecular formula is C12H21N3O4. The summed E-state index contributed by atoms with van der Waals surface area (Å²) in [6.07, 6.45) is 2.48. The lowest BCUT2D eigenvalue weighted by Gasteiger charge is -2.18. The highest BCUT2D eigenvalue weighted by Crippen LogP contribution is 2.24. The van der Waals surface area contributed by atoms with E-state index in [0.29, 0.717) is 12.6 Å². The molecule has 19 heavy (non-hydrogen) atoms. The number of likely N-dealkylation sites (N-methyl/N-ethyl adjacent to an activating group) is 1. The van der Waals surface area contributed by atoms with Crippen molar-refractivity contribution in [1.29, 1.82) is 0 Å². The molecule has 0 radical (unpaired) electrons. The molecule has 1 heterocycles. The number of hydrogen-bond acceptors (Lipinski definition) is 4. The average molecular weight is 271 g/mol. The summed E-state index contributed by atoms with van der Waals surface area (Å²) in [5.41, 5.74) is 0. The molecule has 1 saturated carbocycles. The minimum absolute atomic E-state index is 0.157. The number of urea groups is 1. The fourth-order valence-electron chi connectivity index (χ4n) is 2.20. The van der Waals surface area contributed by atoms with Crippen LogP contribution < -0.4 is 10.6 Å². The number of amides is 2. The SMILES string of the molecule is CN(CCNC(=O)NC1COCC1C(=O)O)C1CC1. The molecule has 2 rings (SSSR count). The standard InChI is InChI=1S/C12H21N3O4/c1-15(8-2-3-8)5-4-13-12(18)14-10-7-19-6-9(10)11(16)17/h8-10H,2-7H2,1H3,(H,16,17)(H2,13,14,18). The second-order valence-corrected chi connectivity index (χ2v) is 5.20. The molecule has 0 aromatic rings. The lowest BCUT2D eigenvalue weighted by molar-refractivity contribution is -0.142. The third kappa shape index (κ3) is 4.07. The molecule has 2 fully saturated rings. The van der Waals surface area contributed by atoms with Crippen molar-refractivity contribution >= 4 is 12.0 Å². The van der Waals surface area contributed by atoms with E-state index in [-0.39, 0.29) is 19.2 Å². The van der Waals surface area contributed by atoms with Crippen LogP contribution in [0.5, 0.6) is 0 Å². The number of rotatable bonds is 6. The fourth-order valence-corrected chi connectivity index (χ4v) is 2.20. The Balaban J connectivity index is 1.64. The molecule has 2 aliphatic rings. The molecule has 108 valence electrons. The van der Waals surface area contributed by atoms with Gasteiger partial charge >= 0.3 is 12.0 Å². The molecule has 0 bridgehead atoms. The van der Waals surface area contributed by atoms with Gasteiger partial charge in [0.05, 0.1) is 19.3 Å². The number of ether oxygens (including phenoxy) is 1. The highest BCUT2D eigenvalue weighted by atomic mass is 16.5. The number of aliphatic carboxylic acids is 1. The van der Waals surface area contributed by atoms with Gasteiger partial charge in [0.15, 0.2) is 0 Å². The van der Waals surface area contributed by atoms with E-state index in [4.69, 9.17) is 9.84 Å². The van der Waals surface area contributed by atoms with Gasteiger partial charge in [-0.1, -0.05) is 0 Å². The van der Waals surface area contributed by atoms with Gasteiger partial charge in [-0.05, 0) is 19.9 Å². The van der Waals surface area contributed by atoms with Crippen molar-refractivity contribution in [2.45, 2.75) is 24.9 Å². The Morgan fingerprint density at radius 2 is 2.11 bits per heavy atom. The van der Waals surface area contributed by atoms with E-state index in [9.17, 15) is 9.59 Å². The Labute approximate surface area is 112 Å². The van der Waals surface area contributed by atoms with Gasteiger partial charge in [0, 0.05) is 19.1 Å². The molecular weight excluding hydrogens is 250 g/mol. The van der Waals surface area contributed by atoms with Gasteiger partial charge in [0.1, 0.15) is 5.92 Å². The van der Waals surface area contributed by atoms with E-state index in [2.05, 4.69) is 15.5 Å². The largest absolute Gasteiger partial charge is 0.481 e. The first-order valence-electron chi connectivity index (χ1n) is 6.63. The molecule has 1 aliphatic carbocycles. The molecule has 3 N–H and O–H groups in total. The highest BCUT2D eigenvalue weighted by Gasteiger charge is 2.35. The number of nitrogens with one attached hydrogen (secondary N) is 2. The number of nitrogens with zero attached hydrogens (tertiary/aromatic N) is 1. The van der Waals surface area contributed by atoms with Crippen LogP contribution in [-0.4, -0.2) is 67.4 Å². The lowest BCUT2D eigenvalue weighted by Crippen LogP contribution is -2.48. The van der Waals surface area contributed by atoms with Crippen LogP contribution >= 0.6 is 0 Å². The first kappa shape index (κ1) is 14.1. The molecule has 7 heteroatoms. The summed E-state index contributed by atoms with van der Waals surface area (Å²) < 4.78 is 5.08. The zero-order valence-electron chi connectivity index (χ0n) is 11.1. The number of hydrogen-bond donors (Lipinski definition) is 3. The Morgan fingerprint density at radius 3 is 2.74 bits per heavy atom. The van der Waals surface area contributed by atoms with E-state index < -0.39 is 17.9 Å². The summed E-state index contributed by atoms with van der Waals surface area (Å²) >= 11 is 0. The van der Waals surface area contributed by atoms with E-state index in [1.807, 2.05) is 7.05 Å². The predicted molar refractivity (Wildman–Crippen MR) is 67.9 cm³/mol. The second kappa shape index (κ2) is 6.21. The van der Waals surface area contributed by atoms with Crippen molar-refractivity contribution in [2.24, 2.45) is 5.92 Å². The summed E-state index contributed by atoms with van der Waals surface area (Å²) in [7, 11) is 2.04. The van der Waals surface area contributed by atoms with Crippen LogP contribution in [-0.2, 0) is 9.53 Å². The molecule has 0 spiro atoms. The highest BCUT2D eigenvalue weighted by molar-refractivity contribution is 5.77. The van der Waals surface area contributed by atoms with E-state index >= 15 is 0 Å². The van der Waals surface area contributed by atoms with E-state index in [1.54, 1.807) is 0 Å². The maximum atomic E-state index is 11.6. The number of carbonyl (C=O) groups is 2. The Morgan fingerprint density at radius 1 is 1.37 bits per heavy atom. The molecule has 2 amide bonds. The summed E-state index contributed by atoms with van der Waals surface area (Å²) in [6.45, 7) is 1.78. The van der Waals surface area contributed by atoms with Crippen LogP contribution in [0, 0.1) is 5.92 Å². The van der Waals surface area contributed by atoms with E-state index in [0.717, 1.165) is 6.54 Å². The fraction of sp³-hybridized carbons (Fsp3) is 0.833. The molecule has 7 nitrogen and oxygen atoms in total. The minimum Gasteiger partial charge on any atom is -0.481 e. The van der Waals surface area contributed by atoms with Crippen molar-refractivity contribution in [3.63, 3.8) is 0 Å². The van der Waals surface area contributed by atoms with Gasteiger partial charge in [0.25, 0.3) is 0 Å². The predicted octanol–water partition coefficient (Wildman–Crippen LogP) is -0.521. The van der Waals surface area contributed by atoms with Gasteiger partial charge in [-0.2, -0.15) is 0 Å². The maximum absolute atomic E-state index is 11.6. The summed E-state index contributed by atoms with van der Waals surface area (Å²) in [4.78, 5) is 24.8. The lowest BCUT2D eigenvalue weighted by atomic mass is 10.0. The van der Waals surface area contributed by atoms with Gasteiger partial charge in [-0.15, -0.1) is 0 Å². The maximum Gasteiger partial charge on any atom is 0.315 e. The van der Waals surface area contributed by atoms with Crippen molar-refractivity contribution in [2.75, 3.05) is 33.4 Å². The van der Waals surface area contributed by atoms with Crippen LogP contribution in [0.15, 0.2) is 0 Å². The smallest absolute Gasteiger partial charge is 0.315 e. The molecule has 2 unspecified atom stereocenters. The zero-order valence-corrected chi connectivity index (χ0v) is 11.1. The second-order valence-electron chi connectivity index (χ2n) is 5.20. The van der Waals surface area contributed by atoms with Crippen LogP contribution in [0.1, 0.15) is 12.8 Å². The molecule has 0 aromatic heterocycles. The minimum atomic E-state index is -0.934. The van der Waals surface area contributed by atoms with Crippen LogP contribution in [0.25, 0.3) is 0 Å². The van der Waals surface area contributed by atoms with Crippen molar-refractivity contribution in [3.8, 4) is 0 Å². The van der Waals surface area contributed by atoms with E-state index in [1.165, 1.54) is 12.8 Å². The normalized spacial score (nSPS) is 26.4. The van der Waals surface area contributed by atoms with Gasteiger partial charge in [-0.3, -0.25) is 4.79 Å². The topological polar surface area (TPSA) is 90.9 Å². The zero-order chi connectivity index (χ0) is 13.8. The van der Waals surface area contributed by atoms with Crippen LogP contribution in [0.3, 0.4) is 0 Å². The first-order chi connectivity index (χ1) is 9.08. The molecule has 2 atom stereocenters. The van der Waals surface area contributed by atoms with Gasteiger partial charge in [0.2, 0.25) is 0 Å². The third-order valence-corrected chi connectivity index (χ3v) is 3.63. The van der Waals surface area contributed by atoms with Gasteiger partial charge < -0.3 is 25.4 Å². The average Bonchev–Trinajstić information content (AvgIpc) is 3.10. The Hall–Kier alpha value is -1.34. The summed E-state index contributed by atoms with van der Waals surface area (Å²) in [5, 5.41) is 14.4. The number of carboxylic acid groups (broad SMARTS) is 1. The monoisotopic (exact) mass is 271 g/mol.